The van der Waals surface area contributed by atoms with Gasteiger partial charge in [0.2, 0.25) is 0 Å². The minimum Gasteiger partial charge on any atom is -0.329 e. The third-order valence-electron chi connectivity index (χ3n) is 4.59. The molecule has 0 aliphatic carbocycles. The highest BCUT2D eigenvalue weighted by atomic mass is 16.5. The van der Waals surface area contributed by atoms with E-state index in [9.17, 15) is 4.79 Å². The fraction of sp³-hybridized carbons (Fsp3) is 0.500. The fourth-order valence-corrected chi connectivity index (χ4v) is 3.00. The summed E-state index contributed by atoms with van der Waals surface area (Å²) >= 11 is 0. The van der Waals surface area contributed by atoms with Gasteiger partial charge in [0.25, 0.3) is 5.91 Å². The summed E-state index contributed by atoms with van der Waals surface area (Å²) in [5.74, 6) is -0.549. The molecule has 0 atom stereocenters. The van der Waals surface area contributed by atoms with Crippen LogP contribution in [0.5, 0.6) is 0 Å². The maximum absolute atomic E-state index is 11.1. The number of fused-ring (bicyclic) bond motifs is 1. The molecule has 2 N–H and O–H groups in total. The van der Waals surface area contributed by atoms with Crippen LogP contribution in [0.1, 0.15) is 45.6 Å². The van der Waals surface area contributed by atoms with Gasteiger partial charge in [-0.05, 0) is 50.6 Å². The van der Waals surface area contributed by atoms with Crippen LogP contribution >= 0.6 is 0 Å². The van der Waals surface area contributed by atoms with Gasteiger partial charge in [0.15, 0.2) is 0 Å². The van der Waals surface area contributed by atoms with Gasteiger partial charge >= 0.3 is 0 Å². The van der Waals surface area contributed by atoms with Gasteiger partial charge in [-0.15, -0.1) is 0 Å². The molecule has 1 heterocycles. The van der Waals surface area contributed by atoms with E-state index in [-0.39, 0.29) is 0 Å². The lowest BCUT2D eigenvalue weighted by Gasteiger charge is -2.26. The van der Waals surface area contributed by atoms with Crippen molar-refractivity contribution in [2.45, 2.75) is 52.6 Å². The van der Waals surface area contributed by atoms with Crippen LogP contribution in [0.25, 0.3) is 17.1 Å². The Morgan fingerprint density at radius 3 is 2.85 bits per heavy atom. The summed E-state index contributed by atoms with van der Waals surface area (Å²) < 4.78 is 2.18. The number of hydrogen-bond acceptors (Lipinski definition) is 4. The third-order valence-corrected chi connectivity index (χ3v) is 4.59. The summed E-state index contributed by atoms with van der Waals surface area (Å²) in [4.78, 5) is 18.1. The highest BCUT2D eigenvalue weighted by Gasteiger charge is 2.10. The second-order valence-corrected chi connectivity index (χ2v) is 6.83. The van der Waals surface area contributed by atoms with Gasteiger partial charge in [0.1, 0.15) is 0 Å². The summed E-state index contributed by atoms with van der Waals surface area (Å²) in [5.41, 5.74) is 4.44. The maximum atomic E-state index is 11.1. The molecule has 0 aliphatic rings. The molecule has 0 radical (unpaired) electrons. The quantitative estimate of drug-likeness (QED) is 0.295. The second kappa shape index (κ2) is 10.1. The molecule has 0 bridgehead atoms. The number of hydroxylamine groups is 1. The Hall–Kier alpha value is -2.18. The molecule has 1 amide bonds. The summed E-state index contributed by atoms with van der Waals surface area (Å²) in [6.07, 6.45) is 8.59. The van der Waals surface area contributed by atoms with Crippen molar-refractivity contribution in [3.63, 3.8) is 0 Å². The lowest BCUT2D eigenvalue weighted by atomic mass is 10.2. The van der Waals surface area contributed by atoms with Crippen molar-refractivity contribution >= 4 is 23.0 Å². The summed E-state index contributed by atoms with van der Waals surface area (Å²) in [6.45, 7) is 9.78. The molecule has 0 saturated carbocycles. The number of benzene rings is 1. The summed E-state index contributed by atoms with van der Waals surface area (Å²) in [6, 6.07) is 6.45. The number of nitrogens with zero attached hydrogens (tertiary/aromatic N) is 3. The Morgan fingerprint density at radius 2 is 2.15 bits per heavy atom. The van der Waals surface area contributed by atoms with Crippen LogP contribution in [-0.4, -0.2) is 44.7 Å². The van der Waals surface area contributed by atoms with Crippen molar-refractivity contribution in [3.8, 4) is 0 Å². The van der Waals surface area contributed by atoms with Gasteiger partial charge in [-0.2, -0.15) is 0 Å². The largest absolute Gasteiger partial charge is 0.329 e. The van der Waals surface area contributed by atoms with Gasteiger partial charge in [0, 0.05) is 25.2 Å². The molecular weight excluding hydrogens is 328 g/mol. The molecule has 2 rings (SSSR count). The first-order valence-corrected chi connectivity index (χ1v) is 9.36. The first kappa shape index (κ1) is 20.1. The van der Waals surface area contributed by atoms with E-state index in [1.54, 1.807) is 11.6 Å². The molecular formula is C20H30N4O2. The molecule has 26 heavy (non-hydrogen) atoms. The standard InChI is InChI=1S/C20H30N4O2/c1-4-5-6-11-23(16(2)3)12-13-24-15-21-18-14-17(7-9-19(18)24)8-10-20(25)22-26/h7-10,14-16,26H,4-6,11-13H2,1-3H3,(H,22,25). The van der Waals surface area contributed by atoms with Gasteiger partial charge in [-0.25, -0.2) is 10.5 Å². The Kier molecular flexibility index (Phi) is 7.81. The Bertz CT molecular complexity index is 736. The van der Waals surface area contributed by atoms with E-state index < -0.39 is 5.91 Å². The molecule has 142 valence electrons. The number of carbonyl (C=O) groups is 1. The van der Waals surface area contributed by atoms with Gasteiger partial charge < -0.3 is 4.57 Å². The second-order valence-electron chi connectivity index (χ2n) is 6.83. The van der Waals surface area contributed by atoms with Crippen LogP contribution < -0.4 is 5.48 Å². The first-order valence-electron chi connectivity index (χ1n) is 9.36. The molecule has 2 aromatic rings. The monoisotopic (exact) mass is 358 g/mol. The van der Waals surface area contributed by atoms with Crippen LogP contribution in [0.2, 0.25) is 0 Å². The minimum atomic E-state index is -0.549. The van der Waals surface area contributed by atoms with Crippen LogP contribution in [0.15, 0.2) is 30.6 Å². The number of unbranched alkanes of at least 4 members (excludes halogenated alkanes) is 2. The van der Waals surface area contributed by atoms with E-state index in [1.807, 2.05) is 24.5 Å². The zero-order valence-corrected chi connectivity index (χ0v) is 16.0. The van der Waals surface area contributed by atoms with E-state index in [0.29, 0.717) is 6.04 Å². The number of aromatic nitrogens is 2. The molecule has 0 fully saturated rings. The van der Waals surface area contributed by atoms with Crippen molar-refractivity contribution < 1.29 is 10.0 Å². The van der Waals surface area contributed by atoms with Crippen molar-refractivity contribution in [1.29, 1.82) is 0 Å². The number of carbonyl (C=O) groups excluding carboxylic acids is 1. The van der Waals surface area contributed by atoms with Crippen LogP contribution in [-0.2, 0) is 11.3 Å². The lowest BCUT2D eigenvalue weighted by molar-refractivity contribution is -0.124. The molecule has 6 heteroatoms. The van der Waals surface area contributed by atoms with Crippen LogP contribution in [0.4, 0.5) is 0 Å². The molecule has 0 spiro atoms. The first-order chi connectivity index (χ1) is 12.5. The number of imidazole rings is 1. The van der Waals surface area contributed by atoms with Crippen molar-refractivity contribution in [3.05, 3.63) is 36.2 Å². The van der Waals surface area contributed by atoms with Crippen LogP contribution in [0.3, 0.4) is 0 Å². The minimum absolute atomic E-state index is 0.538. The number of hydrogen-bond donors (Lipinski definition) is 2. The SMILES string of the molecule is CCCCCN(CCn1cnc2cc(C=CC(=O)NO)ccc21)C(C)C. The van der Waals surface area contributed by atoms with E-state index in [1.165, 1.54) is 25.3 Å². The van der Waals surface area contributed by atoms with Crippen molar-refractivity contribution in [1.82, 2.24) is 19.9 Å². The van der Waals surface area contributed by atoms with E-state index in [2.05, 4.69) is 35.2 Å². The predicted molar refractivity (Wildman–Crippen MR) is 105 cm³/mol. The van der Waals surface area contributed by atoms with Crippen molar-refractivity contribution in [2.24, 2.45) is 0 Å². The summed E-state index contributed by atoms with van der Waals surface area (Å²) in [5, 5.41) is 8.53. The summed E-state index contributed by atoms with van der Waals surface area (Å²) in [7, 11) is 0. The Morgan fingerprint density at radius 1 is 1.35 bits per heavy atom. The zero-order valence-electron chi connectivity index (χ0n) is 16.0. The number of nitrogens with one attached hydrogen (secondary N) is 1. The lowest BCUT2D eigenvalue weighted by Crippen LogP contribution is -2.34. The molecule has 0 saturated heterocycles. The highest BCUT2D eigenvalue weighted by Crippen LogP contribution is 2.16. The average Bonchev–Trinajstić information content (AvgIpc) is 3.04. The third kappa shape index (κ3) is 5.68. The normalized spacial score (nSPS) is 11.9. The maximum Gasteiger partial charge on any atom is 0.267 e. The van der Waals surface area contributed by atoms with E-state index in [0.717, 1.165) is 36.2 Å². The topological polar surface area (TPSA) is 70.4 Å². The van der Waals surface area contributed by atoms with Gasteiger partial charge in [-0.1, -0.05) is 25.8 Å². The Balaban J connectivity index is 2.03. The average molecular weight is 358 g/mol. The molecule has 1 aromatic heterocycles. The molecule has 1 aromatic carbocycles. The van der Waals surface area contributed by atoms with Gasteiger partial charge in [0.05, 0.1) is 17.4 Å². The fourth-order valence-electron chi connectivity index (χ4n) is 3.00. The smallest absolute Gasteiger partial charge is 0.267 e. The molecule has 6 nitrogen and oxygen atoms in total. The molecule has 0 aliphatic heterocycles. The van der Waals surface area contributed by atoms with Crippen LogP contribution in [0, 0.1) is 0 Å². The number of rotatable bonds is 10. The van der Waals surface area contributed by atoms with Gasteiger partial charge in [-0.3, -0.25) is 14.9 Å². The Labute approximate surface area is 155 Å². The van der Waals surface area contributed by atoms with E-state index in [4.69, 9.17) is 5.21 Å². The zero-order chi connectivity index (χ0) is 18.9. The predicted octanol–water partition coefficient (Wildman–Crippen LogP) is 3.46. The van der Waals surface area contributed by atoms with E-state index >= 15 is 0 Å². The highest BCUT2D eigenvalue weighted by molar-refractivity contribution is 5.91. The number of amides is 1. The van der Waals surface area contributed by atoms with Crippen molar-refractivity contribution in [2.75, 3.05) is 13.1 Å². The molecule has 0 unspecified atom stereocenters.